The molecule has 1 aromatic heterocycles. The number of hydrogen-bond donors (Lipinski definition) is 0. The minimum atomic E-state index is 0.765. The highest BCUT2D eigenvalue weighted by atomic mass is 79.9. The summed E-state index contributed by atoms with van der Waals surface area (Å²) in [4.78, 5) is 4.41. The number of nitrogens with zero attached hydrogens (tertiary/aromatic N) is 1. The standard InChI is InChI=1S/C11H9BrClN/c1-6-3-8-4-7(2)11(12)14-10(8)5-9(6)13/h3-5H,1-2H3. The number of aromatic nitrogens is 1. The van der Waals surface area contributed by atoms with E-state index in [1.807, 2.05) is 19.9 Å². The maximum absolute atomic E-state index is 6.02. The van der Waals surface area contributed by atoms with Crippen LogP contribution in [0.3, 0.4) is 0 Å². The number of fused-ring (bicyclic) bond motifs is 1. The third-order valence-electron chi connectivity index (χ3n) is 2.22. The molecule has 14 heavy (non-hydrogen) atoms. The Morgan fingerprint density at radius 1 is 1.14 bits per heavy atom. The van der Waals surface area contributed by atoms with Crippen LogP contribution in [0.25, 0.3) is 10.9 Å². The summed E-state index contributed by atoms with van der Waals surface area (Å²) in [5.74, 6) is 0. The molecule has 0 unspecified atom stereocenters. The molecule has 1 nitrogen and oxygen atoms in total. The zero-order valence-electron chi connectivity index (χ0n) is 7.94. The lowest BCUT2D eigenvalue weighted by atomic mass is 10.1. The fourth-order valence-corrected chi connectivity index (χ4v) is 1.86. The minimum absolute atomic E-state index is 0.765. The van der Waals surface area contributed by atoms with Gasteiger partial charge in [-0.3, -0.25) is 0 Å². The Morgan fingerprint density at radius 3 is 2.50 bits per heavy atom. The van der Waals surface area contributed by atoms with E-state index in [2.05, 4.69) is 33.0 Å². The molecular formula is C11H9BrClN. The molecule has 2 aromatic rings. The van der Waals surface area contributed by atoms with Crippen LogP contribution in [-0.2, 0) is 0 Å². The first-order chi connectivity index (χ1) is 6.58. The molecule has 0 aliphatic carbocycles. The first-order valence-corrected chi connectivity index (χ1v) is 5.48. The van der Waals surface area contributed by atoms with Crippen LogP contribution in [0, 0.1) is 13.8 Å². The van der Waals surface area contributed by atoms with Gasteiger partial charge in [-0.2, -0.15) is 0 Å². The van der Waals surface area contributed by atoms with Crippen LogP contribution in [0.4, 0.5) is 0 Å². The SMILES string of the molecule is Cc1cc2cc(C)c(Br)nc2cc1Cl. The largest absolute Gasteiger partial charge is 0.241 e. The first-order valence-electron chi connectivity index (χ1n) is 4.31. The van der Waals surface area contributed by atoms with Crippen LogP contribution in [0.5, 0.6) is 0 Å². The topological polar surface area (TPSA) is 12.9 Å². The second kappa shape index (κ2) is 3.52. The van der Waals surface area contributed by atoms with Crippen molar-refractivity contribution < 1.29 is 0 Å². The highest BCUT2D eigenvalue weighted by Gasteiger charge is 2.03. The van der Waals surface area contributed by atoms with Gasteiger partial charge < -0.3 is 0 Å². The Morgan fingerprint density at radius 2 is 1.79 bits per heavy atom. The van der Waals surface area contributed by atoms with E-state index < -0.39 is 0 Å². The van der Waals surface area contributed by atoms with E-state index in [1.165, 1.54) is 0 Å². The van der Waals surface area contributed by atoms with Gasteiger partial charge in [0.25, 0.3) is 0 Å². The molecule has 0 atom stereocenters. The van der Waals surface area contributed by atoms with Gasteiger partial charge in [0.2, 0.25) is 0 Å². The summed E-state index contributed by atoms with van der Waals surface area (Å²) in [7, 11) is 0. The van der Waals surface area contributed by atoms with Gasteiger partial charge in [0.1, 0.15) is 4.60 Å². The summed E-state index contributed by atoms with van der Waals surface area (Å²) in [5, 5.41) is 1.90. The maximum Gasteiger partial charge on any atom is 0.109 e. The van der Waals surface area contributed by atoms with Gasteiger partial charge in [0, 0.05) is 10.4 Å². The molecule has 3 heteroatoms. The lowest BCUT2D eigenvalue weighted by Crippen LogP contribution is -1.86. The van der Waals surface area contributed by atoms with Crippen molar-refractivity contribution in [2.24, 2.45) is 0 Å². The Balaban J connectivity index is 2.83. The summed E-state index contributed by atoms with van der Waals surface area (Å²) in [5.41, 5.74) is 3.15. The van der Waals surface area contributed by atoms with Crippen molar-refractivity contribution in [2.75, 3.05) is 0 Å². The van der Waals surface area contributed by atoms with Crippen LogP contribution < -0.4 is 0 Å². The van der Waals surface area contributed by atoms with Crippen molar-refractivity contribution in [3.63, 3.8) is 0 Å². The normalized spacial score (nSPS) is 10.9. The fourth-order valence-electron chi connectivity index (χ4n) is 1.39. The van der Waals surface area contributed by atoms with Gasteiger partial charge >= 0.3 is 0 Å². The molecule has 0 N–H and O–H groups in total. The van der Waals surface area contributed by atoms with Gasteiger partial charge in [0.05, 0.1) is 5.52 Å². The van der Waals surface area contributed by atoms with Crippen LogP contribution in [-0.4, -0.2) is 4.98 Å². The average molecular weight is 271 g/mol. The molecule has 0 aliphatic heterocycles. The monoisotopic (exact) mass is 269 g/mol. The number of halogens is 2. The van der Waals surface area contributed by atoms with Crippen molar-refractivity contribution in [1.29, 1.82) is 0 Å². The quantitative estimate of drug-likeness (QED) is 0.652. The Bertz CT molecular complexity index is 419. The summed E-state index contributed by atoms with van der Waals surface area (Å²) >= 11 is 9.43. The van der Waals surface area contributed by atoms with Crippen molar-refractivity contribution in [3.05, 3.63) is 39.0 Å². The van der Waals surface area contributed by atoms with E-state index in [1.54, 1.807) is 0 Å². The lowest BCUT2D eigenvalue weighted by molar-refractivity contribution is 1.27. The van der Waals surface area contributed by atoms with Gasteiger partial charge in [-0.15, -0.1) is 0 Å². The van der Waals surface area contributed by atoms with Gasteiger partial charge in [-0.25, -0.2) is 4.98 Å². The van der Waals surface area contributed by atoms with Crippen LogP contribution >= 0.6 is 27.5 Å². The van der Waals surface area contributed by atoms with E-state index in [0.717, 1.165) is 31.7 Å². The third kappa shape index (κ3) is 1.64. The highest BCUT2D eigenvalue weighted by Crippen LogP contribution is 2.25. The molecule has 0 spiro atoms. The van der Waals surface area contributed by atoms with Crippen molar-refractivity contribution in [2.45, 2.75) is 13.8 Å². The maximum atomic E-state index is 6.02. The average Bonchev–Trinajstić information content (AvgIpc) is 2.11. The van der Waals surface area contributed by atoms with Crippen LogP contribution in [0.1, 0.15) is 11.1 Å². The molecule has 1 aromatic carbocycles. The number of hydrogen-bond acceptors (Lipinski definition) is 1. The van der Waals surface area contributed by atoms with E-state index in [-0.39, 0.29) is 0 Å². The zero-order chi connectivity index (χ0) is 10.3. The fraction of sp³-hybridized carbons (Fsp3) is 0.182. The number of pyridine rings is 1. The summed E-state index contributed by atoms with van der Waals surface area (Å²) in [6.07, 6.45) is 0. The summed E-state index contributed by atoms with van der Waals surface area (Å²) < 4.78 is 0.880. The molecule has 0 bridgehead atoms. The summed E-state index contributed by atoms with van der Waals surface area (Å²) in [6, 6.07) is 6.07. The molecule has 0 radical (unpaired) electrons. The molecule has 0 amide bonds. The Hall–Kier alpha value is -0.600. The van der Waals surface area contributed by atoms with Gasteiger partial charge in [-0.1, -0.05) is 11.6 Å². The van der Waals surface area contributed by atoms with E-state index in [4.69, 9.17) is 11.6 Å². The third-order valence-corrected chi connectivity index (χ3v) is 3.43. The van der Waals surface area contributed by atoms with Crippen molar-refractivity contribution >= 4 is 38.4 Å². The smallest absolute Gasteiger partial charge is 0.109 e. The van der Waals surface area contributed by atoms with Crippen LogP contribution in [0.2, 0.25) is 5.02 Å². The summed E-state index contributed by atoms with van der Waals surface area (Å²) in [6.45, 7) is 4.03. The molecule has 1 heterocycles. The number of aryl methyl sites for hydroxylation is 2. The van der Waals surface area contributed by atoms with Gasteiger partial charge in [0.15, 0.2) is 0 Å². The first kappa shape index (κ1) is 9.94. The predicted octanol–water partition coefficient (Wildman–Crippen LogP) is 4.27. The van der Waals surface area contributed by atoms with Crippen LogP contribution in [0.15, 0.2) is 22.8 Å². The van der Waals surface area contributed by atoms with E-state index in [9.17, 15) is 0 Å². The Labute approximate surface area is 96.2 Å². The van der Waals surface area contributed by atoms with E-state index in [0.29, 0.717) is 0 Å². The van der Waals surface area contributed by atoms with Crippen molar-refractivity contribution in [1.82, 2.24) is 4.98 Å². The predicted molar refractivity (Wildman–Crippen MR) is 63.9 cm³/mol. The molecule has 0 aliphatic rings. The molecule has 2 rings (SSSR count). The molecular weight excluding hydrogens is 261 g/mol. The Kier molecular flexibility index (Phi) is 2.50. The zero-order valence-corrected chi connectivity index (χ0v) is 10.3. The van der Waals surface area contributed by atoms with Crippen molar-refractivity contribution in [3.8, 4) is 0 Å². The second-order valence-corrected chi connectivity index (χ2v) is 4.55. The second-order valence-electron chi connectivity index (χ2n) is 3.39. The van der Waals surface area contributed by atoms with Gasteiger partial charge in [-0.05, 0) is 59.1 Å². The molecule has 0 saturated heterocycles. The number of benzene rings is 1. The highest BCUT2D eigenvalue weighted by molar-refractivity contribution is 9.10. The lowest BCUT2D eigenvalue weighted by Gasteiger charge is -2.04. The van der Waals surface area contributed by atoms with E-state index >= 15 is 0 Å². The minimum Gasteiger partial charge on any atom is -0.241 e. The number of rotatable bonds is 0. The molecule has 0 saturated carbocycles. The molecule has 0 fully saturated rings. The molecule has 72 valence electrons.